The van der Waals surface area contributed by atoms with Crippen molar-refractivity contribution in [2.75, 3.05) is 41.1 Å². The molecule has 2 N–H and O–H groups in total. The summed E-state index contributed by atoms with van der Waals surface area (Å²) >= 11 is 0. The molecular weight excluding hydrogens is 380 g/mol. The molecular formula is C23H26N4O3. The predicted molar refractivity (Wildman–Crippen MR) is 118 cm³/mol. The number of benzene rings is 2. The Morgan fingerprint density at radius 3 is 2.20 bits per heavy atom. The van der Waals surface area contributed by atoms with Crippen molar-refractivity contribution in [3.63, 3.8) is 0 Å². The van der Waals surface area contributed by atoms with E-state index in [-0.39, 0.29) is 11.8 Å². The molecule has 0 spiro atoms. The molecule has 0 unspecified atom stereocenters. The smallest absolute Gasteiger partial charge is 0.314 e. The minimum absolute atomic E-state index is 0.138. The van der Waals surface area contributed by atoms with E-state index in [1.807, 2.05) is 42.1 Å². The second-order valence-corrected chi connectivity index (χ2v) is 8.06. The van der Waals surface area contributed by atoms with Crippen LogP contribution in [0.5, 0.6) is 0 Å². The third-order valence-electron chi connectivity index (χ3n) is 5.50. The van der Waals surface area contributed by atoms with E-state index in [1.54, 1.807) is 24.3 Å². The van der Waals surface area contributed by atoms with Crippen LogP contribution >= 0.6 is 0 Å². The van der Waals surface area contributed by atoms with Gasteiger partial charge in [-0.15, -0.1) is 0 Å². The largest absolute Gasteiger partial charge is 0.378 e. The van der Waals surface area contributed by atoms with Crippen LogP contribution < -0.4 is 20.4 Å². The van der Waals surface area contributed by atoms with E-state index in [4.69, 9.17) is 0 Å². The van der Waals surface area contributed by atoms with Crippen molar-refractivity contribution in [2.45, 2.75) is 25.7 Å². The zero-order chi connectivity index (χ0) is 21.3. The van der Waals surface area contributed by atoms with Crippen molar-refractivity contribution >= 4 is 40.5 Å². The molecule has 2 aromatic carbocycles. The molecule has 2 aliphatic rings. The molecule has 0 saturated heterocycles. The summed E-state index contributed by atoms with van der Waals surface area (Å²) in [4.78, 5) is 41.1. The number of nitrogens with zero attached hydrogens (tertiary/aromatic N) is 2. The molecule has 30 heavy (non-hydrogen) atoms. The van der Waals surface area contributed by atoms with Crippen LogP contribution in [-0.4, -0.2) is 38.4 Å². The fraction of sp³-hybridized carbons (Fsp3) is 0.348. The van der Waals surface area contributed by atoms with E-state index in [0.717, 1.165) is 42.6 Å². The Balaban J connectivity index is 1.43. The van der Waals surface area contributed by atoms with E-state index >= 15 is 0 Å². The van der Waals surface area contributed by atoms with Gasteiger partial charge in [-0.2, -0.15) is 0 Å². The van der Waals surface area contributed by atoms with Crippen LogP contribution in [0.25, 0.3) is 0 Å². The Labute approximate surface area is 176 Å². The molecule has 0 bridgehead atoms. The number of fused-ring (bicyclic) bond motifs is 1. The fourth-order valence-corrected chi connectivity index (χ4v) is 3.65. The van der Waals surface area contributed by atoms with E-state index in [2.05, 4.69) is 10.6 Å². The van der Waals surface area contributed by atoms with Crippen LogP contribution in [0.2, 0.25) is 0 Å². The highest BCUT2D eigenvalue weighted by Crippen LogP contribution is 2.36. The monoisotopic (exact) mass is 406 g/mol. The van der Waals surface area contributed by atoms with Crippen molar-refractivity contribution in [1.82, 2.24) is 0 Å². The first kappa shape index (κ1) is 19.9. The normalized spacial score (nSPS) is 15.2. The molecule has 1 aliphatic carbocycles. The number of hydrogen-bond donors (Lipinski definition) is 2. The summed E-state index contributed by atoms with van der Waals surface area (Å²) in [7, 11) is 3.86. The van der Waals surface area contributed by atoms with Gasteiger partial charge in [0.25, 0.3) is 0 Å². The highest BCUT2D eigenvalue weighted by Gasteiger charge is 2.35. The Kier molecular flexibility index (Phi) is 5.44. The van der Waals surface area contributed by atoms with Gasteiger partial charge in [0, 0.05) is 49.3 Å². The van der Waals surface area contributed by atoms with Gasteiger partial charge >= 0.3 is 11.8 Å². The summed E-state index contributed by atoms with van der Waals surface area (Å²) in [6.45, 7) is 0.698. The maximum absolute atomic E-state index is 12.6. The maximum Gasteiger partial charge on any atom is 0.314 e. The van der Waals surface area contributed by atoms with E-state index in [1.165, 1.54) is 0 Å². The standard InChI is InChI=1S/C23H26N4O3/c1-26(2)19-11-9-17(10-12-19)24-21(28)22(29)25-18-8-7-15-4-3-13-27(20(15)14-18)23(30)16-5-6-16/h7-12,14,16H,3-6,13H2,1-2H3,(H,24,28)(H,25,29). The van der Waals surface area contributed by atoms with Gasteiger partial charge in [0.1, 0.15) is 0 Å². The first-order valence-corrected chi connectivity index (χ1v) is 10.3. The molecule has 4 rings (SSSR count). The minimum Gasteiger partial charge on any atom is -0.378 e. The van der Waals surface area contributed by atoms with Gasteiger partial charge in [-0.1, -0.05) is 6.07 Å². The average Bonchev–Trinajstić information content (AvgIpc) is 3.58. The van der Waals surface area contributed by atoms with E-state index in [0.29, 0.717) is 17.9 Å². The number of anilines is 4. The zero-order valence-electron chi connectivity index (χ0n) is 17.3. The molecule has 7 heteroatoms. The van der Waals surface area contributed by atoms with E-state index < -0.39 is 11.8 Å². The summed E-state index contributed by atoms with van der Waals surface area (Å²) < 4.78 is 0. The molecule has 1 aliphatic heterocycles. The average molecular weight is 406 g/mol. The number of hydrogen-bond acceptors (Lipinski definition) is 4. The first-order chi connectivity index (χ1) is 14.4. The molecule has 156 valence electrons. The zero-order valence-corrected chi connectivity index (χ0v) is 17.3. The number of aryl methyl sites for hydroxylation is 1. The highest BCUT2D eigenvalue weighted by atomic mass is 16.2. The van der Waals surface area contributed by atoms with Crippen LogP contribution in [0.4, 0.5) is 22.7 Å². The number of carbonyl (C=O) groups is 3. The number of rotatable bonds is 4. The molecule has 1 saturated carbocycles. The quantitative estimate of drug-likeness (QED) is 0.765. The lowest BCUT2D eigenvalue weighted by Gasteiger charge is -2.30. The molecule has 0 radical (unpaired) electrons. The maximum atomic E-state index is 12.6. The molecule has 1 heterocycles. The Morgan fingerprint density at radius 1 is 0.933 bits per heavy atom. The second kappa shape index (κ2) is 8.18. The molecule has 7 nitrogen and oxygen atoms in total. The third-order valence-corrected chi connectivity index (χ3v) is 5.50. The number of carbonyl (C=O) groups excluding carboxylic acids is 3. The van der Waals surface area contributed by atoms with Crippen molar-refractivity contribution < 1.29 is 14.4 Å². The summed E-state index contributed by atoms with van der Waals surface area (Å²) in [5.74, 6) is -1.18. The molecule has 0 aromatic heterocycles. The van der Waals surface area contributed by atoms with Gasteiger partial charge in [-0.3, -0.25) is 14.4 Å². The molecule has 2 aromatic rings. The summed E-state index contributed by atoms with van der Waals surface area (Å²) in [5, 5.41) is 5.26. The van der Waals surface area contributed by atoms with Crippen molar-refractivity contribution in [2.24, 2.45) is 5.92 Å². The van der Waals surface area contributed by atoms with Crippen LogP contribution in [0.15, 0.2) is 42.5 Å². The molecule has 0 atom stereocenters. The lowest BCUT2D eigenvalue weighted by atomic mass is 10.0. The Bertz CT molecular complexity index is 980. The second-order valence-electron chi connectivity index (χ2n) is 8.06. The number of nitrogens with one attached hydrogen (secondary N) is 2. The highest BCUT2D eigenvalue weighted by molar-refractivity contribution is 6.43. The molecule has 3 amide bonds. The van der Waals surface area contributed by atoms with Crippen LogP contribution in [0.3, 0.4) is 0 Å². The third kappa shape index (κ3) is 4.30. The van der Waals surface area contributed by atoms with Gasteiger partial charge in [-0.05, 0) is 67.6 Å². The van der Waals surface area contributed by atoms with Crippen LogP contribution in [0, 0.1) is 5.92 Å². The van der Waals surface area contributed by atoms with Gasteiger partial charge in [0.05, 0.1) is 0 Å². The minimum atomic E-state index is -0.748. The Morgan fingerprint density at radius 2 is 1.57 bits per heavy atom. The number of amides is 3. The van der Waals surface area contributed by atoms with E-state index in [9.17, 15) is 14.4 Å². The van der Waals surface area contributed by atoms with Crippen molar-refractivity contribution in [3.05, 3.63) is 48.0 Å². The SMILES string of the molecule is CN(C)c1ccc(NC(=O)C(=O)Nc2ccc3c(c2)N(C(=O)C2CC2)CCC3)cc1. The summed E-state index contributed by atoms with van der Waals surface area (Å²) in [6.07, 6.45) is 3.75. The van der Waals surface area contributed by atoms with Gasteiger partial charge in [0.2, 0.25) is 5.91 Å². The van der Waals surface area contributed by atoms with Gasteiger partial charge in [0.15, 0.2) is 0 Å². The lowest BCUT2D eigenvalue weighted by Crippen LogP contribution is -2.36. The van der Waals surface area contributed by atoms with Crippen LogP contribution in [-0.2, 0) is 20.8 Å². The first-order valence-electron chi connectivity index (χ1n) is 10.3. The van der Waals surface area contributed by atoms with Gasteiger partial charge < -0.3 is 20.4 Å². The topological polar surface area (TPSA) is 81.8 Å². The Hall–Kier alpha value is -3.35. The van der Waals surface area contributed by atoms with Crippen molar-refractivity contribution in [1.29, 1.82) is 0 Å². The van der Waals surface area contributed by atoms with Crippen molar-refractivity contribution in [3.8, 4) is 0 Å². The van der Waals surface area contributed by atoms with Crippen LogP contribution in [0.1, 0.15) is 24.8 Å². The summed E-state index contributed by atoms with van der Waals surface area (Å²) in [5.41, 5.74) is 3.99. The predicted octanol–water partition coefficient (Wildman–Crippen LogP) is 3.02. The lowest BCUT2D eigenvalue weighted by molar-refractivity contribution is -0.132. The molecule has 1 fully saturated rings. The van der Waals surface area contributed by atoms with Gasteiger partial charge in [-0.25, -0.2) is 0 Å². The summed E-state index contributed by atoms with van der Waals surface area (Å²) in [6, 6.07) is 12.7. The fourth-order valence-electron chi connectivity index (χ4n) is 3.65.